The Morgan fingerprint density at radius 2 is 1.71 bits per heavy atom. The molecule has 2 aromatic rings. The van der Waals surface area contributed by atoms with Crippen molar-refractivity contribution in [1.29, 1.82) is 0 Å². The third-order valence-corrected chi connectivity index (χ3v) is 10.0. The van der Waals surface area contributed by atoms with Crippen LogP contribution in [0, 0.1) is 11.7 Å². The maximum absolute atomic E-state index is 13.6. The van der Waals surface area contributed by atoms with Crippen LogP contribution in [0.2, 0.25) is 0 Å². The minimum Gasteiger partial charge on any atom is -0.367 e. The summed E-state index contributed by atoms with van der Waals surface area (Å²) in [4.78, 5) is 21.7. The van der Waals surface area contributed by atoms with Crippen LogP contribution in [0.3, 0.4) is 0 Å². The molecule has 1 saturated carbocycles. The first-order valence-corrected chi connectivity index (χ1v) is 14.0. The number of fused-ring (bicyclic) bond motifs is 1. The smallest absolute Gasteiger partial charge is 0.227 e. The average molecular weight is 489 g/mol. The Hall–Kier alpha value is -2.26. The highest BCUT2D eigenvalue weighted by Gasteiger charge is 2.39. The van der Waals surface area contributed by atoms with Gasteiger partial charge in [0.15, 0.2) is 0 Å². The van der Waals surface area contributed by atoms with E-state index < -0.39 is 10.0 Å². The van der Waals surface area contributed by atoms with Gasteiger partial charge in [0, 0.05) is 62.6 Å². The zero-order valence-electron chi connectivity index (χ0n) is 19.5. The molecular formula is C25H33FN4O3S. The number of anilines is 1. The van der Waals surface area contributed by atoms with Crippen molar-refractivity contribution in [1.82, 2.24) is 14.2 Å². The Balaban J connectivity index is 1.22. The van der Waals surface area contributed by atoms with Crippen molar-refractivity contribution < 1.29 is 17.6 Å². The molecule has 184 valence electrons. The van der Waals surface area contributed by atoms with Gasteiger partial charge in [0.1, 0.15) is 5.82 Å². The number of hydrogen-bond donors (Lipinski definition) is 0. The number of nitrogens with zero attached hydrogens (tertiary/aromatic N) is 4. The van der Waals surface area contributed by atoms with Gasteiger partial charge in [-0.25, -0.2) is 17.1 Å². The number of halogens is 1. The number of pyridine rings is 1. The van der Waals surface area contributed by atoms with Crippen LogP contribution >= 0.6 is 0 Å². The molecule has 1 atom stereocenters. The SMILES string of the molecule is O=C(C1CCCN(S(=O)(=O)C2CCCCC2)C1)N1CCN(c2ccnc3cc(F)ccc23)CC1. The zero-order chi connectivity index (χ0) is 23.7. The number of hydrogen-bond acceptors (Lipinski definition) is 5. The molecule has 2 aliphatic heterocycles. The molecule has 1 unspecified atom stereocenters. The first-order valence-electron chi connectivity index (χ1n) is 12.5. The second kappa shape index (κ2) is 9.77. The minimum absolute atomic E-state index is 0.0739. The Bertz CT molecular complexity index is 1140. The summed E-state index contributed by atoms with van der Waals surface area (Å²) >= 11 is 0. The zero-order valence-corrected chi connectivity index (χ0v) is 20.4. The molecule has 0 bridgehead atoms. The fraction of sp³-hybridized carbons (Fsp3) is 0.600. The van der Waals surface area contributed by atoms with E-state index in [-0.39, 0.29) is 22.9 Å². The molecule has 2 saturated heterocycles. The normalized spacial score (nSPS) is 23.4. The van der Waals surface area contributed by atoms with Gasteiger partial charge in [0.2, 0.25) is 15.9 Å². The average Bonchev–Trinajstić information content (AvgIpc) is 2.88. The fourth-order valence-corrected chi connectivity index (χ4v) is 7.88. The van der Waals surface area contributed by atoms with Crippen molar-refractivity contribution in [3.8, 4) is 0 Å². The maximum atomic E-state index is 13.6. The van der Waals surface area contributed by atoms with Crippen molar-refractivity contribution in [3.05, 3.63) is 36.3 Å². The fourth-order valence-electron chi connectivity index (χ4n) is 5.76. The Kier molecular flexibility index (Phi) is 6.75. The number of carbonyl (C=O) groups is 1. The molecule has 0 spiro atoms. The van der Waals surface area contributed by atoms with E-state index in [0.29, 0.717) is 44.8 Å². The molecule has 9 heteroatoms. The molecule has 3 fully saturated rings. The lowest BCUT2D eigenvalue weighted by molar-refractivity contribution is -0.137. The highest BCUT2D eigenvalue weighted by molar-refractivity contribution is 7.89. The van der Waals surface area contributed by atoms with Crippen molar-refractivity contribution in [2.45, 2.75) is 50.2 Å². The molecule has 34 heavy (non-hydrogen) atoms. The van der Waals surface area contributed by atoms with Crippen LogP contribution < -0.4 is 4.90 Å². The second-order valence-corrected chi connectivity index (χ2v) is 12.0. The lowest BCUT2D eigenvalue weighted by Crippen LogP contribution is -2.53. The number of rotatable bonds is 4. The predicted octanol–water partition coefficient (Wildman–Crippen LogP) is 3.40. The van der Waals surface area contributed by atoms with Gasteiger partial charge < -0.3 is 9.80 Å². The molecule has 1 aliphatic carbocycles. The summed E-state index contributed by atoms with van der Waals surface area (Å²) in [6.45, 7) is 3.40. The van der Waals surface area contributed by atoms with Crippen LogP contribution in [0.15, 0.2) is 30.5 Å². The van der Waals surface area contributed by atoms with Crippen LogP contribution in [0.1, 0.15) is 44.9 Å². The number of carbonyl (C=O) groups excluding carboxylic acids is 1. The van der Waals surface area contributed by atoms with E-state index in [1.54, 1.807) is 16.6 Å². The van der Waals surface area contributed by atoms with Crippen LogP contribution in [0.4, 0.5) is 10.1 Å². The van der Waals surface area contributed by atoms with E-state index in [2.05, 4.69) is 9.88 Å². The number of piperidine rings is 1. The summed E-state index contributed by atoms with van der Waals surface area (Å²) < 4.78 is 41.6. The van der Waals surface area contributed by atoms with E-state index in [4.69, 9.17) is 0 Å². The van der Waals surface area contributed by atoms with Gasteiger partial charge >= 0.3 is 0 Å². The largest absolute Gasteiger partial charge is 0.367 e. The molecule has 0 N–H and O–H groups in total. The quantitative estimate of drug-likeness (QED) is 0.660. The molecule has 1 aromatic carbocycles. The maximum Gasteiger partial charge on any atom is 0.227 e. The van der Waals surface area contributed by atoms with Crippen molar-refractivity contribution in [2.75, 3.05) is 44.2 Å². The van der Waals surface area contributed by atoms with Gasteiger partial charge in [0.25, 0.3) is 0 Å². The minimum atomic E-state index is -3.33. The van der Waals surface area contributed by atoms with Gasteiger partial charge in [0.05, 0.1) is 16.7 Å². The number of benzene rings is 1. The van der Waals surface area contributed by atoms with E-state index in [1.807, 2.05) is 11.0 Å². The Morgan fingerprint density at radius 3 is 2.47 bits per heavy atom. The molecule has 3 aliphatic rings. The third-order valence-electron chi connectivity index (χ3n) is 7.68. The first-order chi connectivity index (χ1) is 16.4. The second-order valence-electron chi connectivity index (χ2n) is 9.81. The first kappa shape index (κ1) is 23.5. The summed E-state index contributed by atoms with van der Waals surface area (Å²) in [5.41, 5.74) is 1.62. The number of sulfonamides is 1. The number of piperazine rings is 1. The monoisotopic (exact) mass is 488 g/mol. The van der Waals surface area contributed by atoms with E-state index >= 15 is 0 Å². The van der Waals surface area contributed by atoms with Gasteiger partial charge in [-0.15, -0.1) is 0 Å². The lowest BCUT2D eigenvalue weighted by atomic mass is 9.97. The van der Waals surface area contributed by atoms with Crippen molar-refractivity contribution in [3.63, 3.8) is 0 Å². The topological polar surface area (TPSA) is 73.8 Å². The molecule has 3 heterocycles. The summed E-state index contributed by atoms with van der Waals surface area (Å²) in [6.07, 6.45) is 7.74. The van der Waals surface area contributed by atoms with Crippen LogP contribution in [0.5, 0.6) is 0 Å². The molecule has 1 amide bonds. The summed E-state index contributed by atoms with van der Waals surface area (Å²) in [5.74, 6) is -0.493. The van der Waals surface area contributed by atoms with Gasteiger partial charge in [-0.1, -0.05) is 19.3 Å². The summed E-state index contributed by atoms with van der Waals surface area (Å²) in [6, 6.07) is 6.58. The van der Waals surface area contributed by atoms with Crippen molar-refractivity contribution in [2.24, 2.45) is 5.92 Å². The summed E-state index contributed by atoms with van der Waals surface area (Å²) in [5, 5.41) is 0.627. The van der Waals surface area contributed by atoms with E-state index in [0.717, 1.165) is 56.0 Å². The van der Waals surface area contributed by atoms with Gasteiger partial charge in [-0.2, -0.15) is 0 Å². The number of amides is 1. The van der Waals surface area contributed by atoms with Gasteiger partial charge in [-0.05, 0) is 43.9 Å². The lowest BCUT2D eigenvalue weighted by Gasteiger charge is -2.40. The molecule has 5 rings (SSSR count). The molecular weight excluding hydrogens is 455 g/mol. The standard InChI is InChI=1S/C25H33FN4O3S/c26-20-8-9-22-23(17-20)27-11-10-24(22)28-13-15-29(16-14-28)25(31)19-5-4-12-30(18-19)34(32,33)21-6-2-1-3-7-21/h8-11,17,19,21H,1-7,12-16,18H2. The van der Waals surface area contributed by atoms with E-state index in [9.17, 15) is 17.6 Å². The molecule has 7 nitrogen and oxygen atoms in total. The highest BCUT2D eigenvalue weighted by atomic mass is 32.2. The van der Waals surface area contributed by atoms with Gasteiger partial charge in [-0.3, -0.25) is 9.78 Å². The van der Waals surface area contributed by atoms with Crippen molar-refractivity contribution >= 4 is 32.5 Å². The Morgan fingerprint density at radius 1 is 0.941 bits per heavy atom. The van der Waals surface area contributed by atoms with E-state index in [1.165, 1.54) is 12.1 Å². The summed E-state index contributed by atoms with van der Waals surface area (Å²) in [7, 11) is -3.33. The van der Waals surface area contributed by atoms with Crippen LogP contribution in [0.25, 0.3) is 10.9 Å². The Labute approximate surface area is 201 Å². The highest BCUT2D eigenvalue weighted by Crippen LogP contribution is 2.31. The third kappa shape index (κ3) is 4.64. The molecule has 1 aromatic heterocycles. The van der Waals surface area contributed by atoms with Crippen LogP contribution in [-0.4, -0.2) is 73.0 Å². The van der Waals surface area contributed by atoms with Crippen LogP contribution in [-0.2, 0) is 14.8 Å². The predicted molar refractivity (Wildman–Crippen MR) is 131 cm³/mol. The molecule has 0 radical (unpaired) electrons. The number of aromatic nitrogens is 1.